The number of anilines is 1. The topological polar surface area (TPSA) is 45.5 Å². The molecule has 1 aliphatic heterocycles. The van der Waals surface area contributed by atoms with Gasteiger partial charge < -0.3 is 10.2 Å². The average Bonchev–Trinajstić information content (AvgIpc) is 3.02. The lowest BCUT2D eigenvalue weighted by Crippen LogP contribution is -2.29. The molecular weight excluding hydrogens is 238 g/mol. The van der Waals surface area contributed by atoms with Gasteiger partial charge in [-0.15, -0.1) is 5.10 Å². The third-order valence-corrected chi connectivity index (χ3v) is 3.84. The van der Waals surface area contributed by atoms with Crippen molar-refractivity contribution in [3.8, 4) is 0 Å². The van der Waals surface area contributed by atoms with E-state index in [2.05, 4.69) is 34.1 Å². The van der Waals surface area contributed by atoms with Gasteiger partial charge >= 0.3 is 0 Å². The maximum atomic E-state index is 4.45. The first-order valence-corrected chi connectivity index (χ1v) is 7.01. The molecule has 0 bridgehead atoms. The molecule has 1 fully saturated rings. The minimum Gasteiger partial charge on any atom is -0.353 e. The van der Waals surface area contributed by atoms with Crippen LogP contribution in [0.4, 0.5) is 5.95 Å². The monoisotopic (exact) mass is 259 g/mol. The Balaban J connectivity index is 1.58. The maximum absolute atomic E-state index is 4.45. The Kier molecular flexibility index (Phi) is 3.38. The molecule has 19 heavy (non-hydrogen) atoms. The van der Waals surface area contributed by atoms with Gasteiger partial charge in [0.25, 0.3) is 0 Å². The van der Waals surface area contributed by atoms with Crippen molar-refractivity contribution in [1.82, 2.24) is 19.5 Å². The van der Waals surface area contributed by atoms with E-state index in [1.54, 1.807) is 4.52 Å². The minimum absolute atomic E-state index is 0.651. The molecular formula is C14H21N5. The zero-order valence-electron chi connectivity index (χ0n) is 11.6. The summed E-state index contributed by atoms with van der Waals surface area (Å²) in [6.45, 7) is 7.87. The first-order chi connectivity index (χ1) is 9.22. The van der Waals surface area contributed by atoms with Crippen LogP contribution in [0.1, 0.15) is 20.3 Å². The van der Waals surface area contributed by atoms with Crippen LogP contribution in [-0.4, -0.2) is 45.2 Å². The molecule has 0 radical (unpaired) electrons. The molecule has 1 saturated heterocycles. The largest absolute Gasteiger partial charge is 0.353 e. The van der Waals surface area contributed by atoms with Crippen LogP contribution in [0.3, 0.4) is 0 Å². The Labute approximate surface area is 113 Å². The van der Waals surface area contributed by atoms with Gasteiger partial charge in [0.15, 0.2) is 5.65 Å². The number of rotatable bonds is 4. The molecule has 3 rings (SSSR count). The van der Waals surface area contributed by atoms with E-state index in [4.69, 9.17) is 0 Å². The summed E-state index contributed by atoms with van der Waals surface area (Å²) in [5.41, 5.74) is 0.889. The van der Waals surface area contributed by atoms with Gasteiger partial charge in [-0.25, -0.2) is 4.52 Å². The van der Waals surface area contributed by atoms with Crippen molar-refractivity contribution in [3.05, 3.63) is 24.4 Å². The van der Waals surface area contributed by atoms with Gasteiger partial charge in [-0.1, -0.05) is 6.07 Å². The normalized spacial score (nSPS) is 20.5. The van der Waals surface area contributed by atoms with E-state index in [9.17, 15) is 0 Å². The van der Waals surface area contributed by atoms with Gasteiger partial charge in [-0.2, -0.15) is 4.98 Å². The van der Waals surface area contributed by atoms with Crippen LogP contribution in [0, 0.1) is 5.92 Å². The molecule has 2 aromatic rings. The molecule has 102 valence electrons. The number of pyridine rings is 1. The fourth-order valence-electron chi connectivity index (χ4n) is 2.64. The van der Waals surface area contributed by atoms with Crippen molar-refractivity contribution >= 4 is 11.6 Å². The molecule has 0 aromatic carbocycles. The van der Waals surface area contributed by atoms with Gasteiger partial charge in [0.1, 0.15) is 0 Å². The molecule has 1 unspecified atom stereocenters. The van der Waals surface area contributed by atoms with Gasteiger partial charge in [0, 0.05) is 25.3 Å². The minimum atomic E-state index is 0.651. The highest BCUT2D eigenvalue weighted by atomic mass is 15.3. The third kappa shape index (κ3) is 2.71. The molecule has 0 aliphatic carbocycles. The zero-order valence-corrected chi connectivity index (χ0v) is 11.6. The van der Waals surface area contributed by atoms with Crippen LogP contribution >= 0.6 is 0 Å². The standard InChI is InChI=1S/C14H21N5/c1-11(2)18-8-6-12(10-18)9-15-14-16-13-5-3-4-7-19(13)17-14/h3-5,7,11-12H,6,8-10H2,1-2H3,(H,15,17). The van der Waals surface area contributed by atoms with E-state index in [1.807, 2.05) is 24.4 Å². The van der Waals surface area contributed by atoms with E-state index in [0.29, 0.717) is 12.0 Å². The first-order valence-electron chi connectivity index (χ1n) is 7.01. The summed E-state index contributed by atoms with van der Waals surface area (Å²) in [7, 11) is 0. The Hall–Kier alpha value is -1.62. The Bertz CT molecular complexity index is 515. The van der Waals surface area contributed by atoms with E-state index in [-0.39, 0.29) is 0 Å². The molecule has 0 saturated carbocycles. The van der Waals surface area contributed by atoms with E-state index in [0.717, 1.165) is 18.1 Å². The predicted octanol–water partition coefficient (Wildman–Crippen LogP) is 1.87. The number of hydrogen-bond donors (Lipinski definition) is 1. The third-order valence-electron chi connectivity index (χ3n) is 3.84. The molecule has 5 nitrogen and oxygen atoms in total. The summed E-state index contributed by atoms with van der Waals surface area (Å²) >= 11 is 0. The Morgan fingerprint density at radius 1 is 1.42 bits per heavy atom. The lowest BCUT2D eigenvalue weighted by Gasteiger charge is -2.20. The molecule has 0 spiro atoms. The van der Waals surface area contributed by atoms with Gasteiger partial charge in [0.2, 0.25) is 5.95 Å². The van der Waals surface area contributed by atoms with E-state index < -0.39 is 0 Å². The van der Waals surface area contributed by atoms with Crippen molar-refractivity contribution in [3.63, 3.8) is 0 Å². The number of hydrogen-bond acceptors (Lipinski definition) is 4. The Morgan fingerprint density at radius 3 is 3.05 bits per heavy atom. The second kappa shape index (κ2) is 5.17. The fourth-order valence-corrected chi connectivity index (χ4v) is 2.64. The van der Waals surface area contributed by atoms with Crippen molar-refractivity contribution in [2.45, 2.75) is 26.3 Å². The summed E-state index contributed by atoms with van der Waals surface area (Å²) in [5.74, 6) is 1.43. The highest BCUT2D eigenvalue weighted by Crippen LogP contribution is 2.18. The van der Waals surface area contributed by atoms with Crippen LogP contribution in [0.2, 0.25) is 0 Å². The van der Waals surface area contributed by atoms with Crippen molar-refractivity contribution in [1.29, 1.82) is 0 Å². The van der Waals surface area contributed by atoms with Gasteiger partial charge in [0.05, 0.1) is 0 Å². The SMILES string of the molecule is CC(C)N1CCC(CNc2nc3ccccn3n2)C1. The van der Waals surface area contributed by atoms with Crippen LogP contribution in [-0.2, 0) is 0 Å². The summed E-state index contributed by atoms with van der Waals surface area (Å²) in [4.78, 5) is 6.99. The van der Waals surface area contributed by atoms with Gasteiger partial charge in [-0.05, 0) is 44.9 Å². The number of aromatic nitrogens is 3. The molecule has 3 heterocycles. The highest BCUT2D eigenvalue weighted by Gasteiger charge is 2.24. The second-order valence-corrected chi connectivity index (χ2v) is 5.56. The van der Waals surface area contributed by atoms with Crippen LogP contribution in [0.15, 0.2) is 24.4 Å². The fraction of sp³-hybridized carbons (Fsp3) is 0.571. The molecule has 5 heteroatoms. The number of nitrogens with one attached hydrogen (secondary N) is 1. The summed E-state index contributed by atoms with van der Waals surface area (Å²) in [5, 5.41) is 7.77. The van der Waals surface area contributed by atoms with Crippen LogP contribution in [0.5, 0.6) is 0 Å². The number of nitrogens with zero attached hydrogens (tertiary/aromatic N) is 4. The summed E-state index contributed by atoms with van der Waals surface area (Å²) < 4.78 is 1.80. The average molecular weight is 259 g/mol. The van der Waals surface area contributed by atoms with Crippen molar-refractivity contribution in [2.24, 2.45) is 5.92 Å². The van der Waals surface area contributed by atoms with Gasteiger partial charge in [-0.3, -0.25) is 0 Å². The Morgan fingerprint density at radius 2 is 2.32 bits per heavy atom. The number of fused-ring (bicyclic) bond motifs is 1. The number of likely N-dealkylation sites (tertiary alicyclic amines) is 1. The summed E-state index contributed by atoms with van der Waals surface area (Å²) in [6, 6.07) is 6.56. The molecule has 1 N–H and O–H groups in total. The molecule has 0 amide bonds. The van der Waals surface area contributed by atoms with E-state index >= 15 is 0 Å². The van der Waals surface area contributed by atoms with Crippen molar-refractivity contribution < 1.29 is 0 Å². The quantitative estimate of drug-likeness (QED) is 0.910. The van der Waals surface area contributed by atoms with Crippen LogP contribution in [0.25, 0.3) is 5.65 Å². The summed E-state index contributed by atoms with van der Waals surface area (Å²) in [6.07, 6.45) is 3.18. The van der Waals surface area contributed by atoms with E-state index in [1.165, 1.54) is 19.5 Å². The smallest absolute Gasteiger partial charge is 0.243 e. The van der Waals surface area contributed by atoms with Crippen molar-refractivity contribution in [2.75, 3.05) is 25.0 Å². The lowest BCUT2D eigenvalue weighted by molar-refractivity contribution is 0.266. The first kappa shape index (κ1) is 12.4. The zero-order chi connectivity index (χ0) is 13.2. The molecule has 1 atom stereocenters. The predicted molar refractivity (Wildman–Crippen MR) is 76.3 cm³/mol. The van der Waals surface area contributed by atoms with Crippen LogP contribution < -0.4 is 5.32 Å². The maximum Gasteiger partial charge on any atom is 0.243 e. The molecule has 1 aliphatic rings. The highest BCUT2D eigenvalue weighted by molar-refractivity contribution is 5.42. The second-order valence-electron chi connectivity index (χ2n) is 5.56. The molecule has 2 aromatic heterocycles. The lowest BCUT2D eigenvalue weighted by atomic mass is 10.1.